The minimum atomic E-state index is -0.528. The third-order valence-corrected chi connectivity index (χ3v) is 3.33. The van der Waals surface area contributed by atoms with Gasteiger partial charge in [-0.1, -0.05) is 6.07 Å². The molecule has 20 heavy (non-hydrogen) atoms. The zero-order chi connectivity index (χ0) is 15.4. The number of aryl methyl sites for hydroxylation is 2. The number of nitrogens with two attached hydrogens (primary N) is 1. The van der Waals surface area contributed by atoms with Crippen LogP contribution >= 0.6 is 0 Å². The molecular formula is C15H22N2O3. The fraction of sp³-hybridized carbons (Fsp3) is 0.467. The van der Waals surface area contributed by atoms with Gasteiger partial charge in [0.1, 0.15) is 0 Å². The summed E-state index contributed by atoms with van der Waals surface area (Å²) in [5, 5.41) is 0. The maximum absolute atomic E-state index is 12.0. The molecule has 0 unspecified atom stereocenters. The van der Waals surface area contributed by atoms with Crippen molar-refractivity contribution in [3.63, 3.8) is 0 Å². The molecule has 0 atom stereocenters. The maximum atomic E-state index is 12.0. The molecule has 0 fully saturated rings. The van der Waals surface area contributed by atoms with E-state index in [4.69, 9.17) is 10.5 Å². The summed E-state index contributed by atoms with van der Waals surface area (Å²) in [6.45, 7) is 7.21. The van der Waals surface area contributed by atoms with Gasteiger partial charge in [-0.3, -0.25) is 4.79 Å². The Balaban J connectivity index is 2.73. The number of hydrogen-bond acceptors (Lipinski definition) is 4. The van der Waals surface area contributed by atoms with Gasteiger partial charge in [0, 0.05) is 18.8 Å². The summed E-state index contributed by atoms with van der Waals surface area (Å²) >= 11 is 0. The van der Waals surface area contributed by atoms with Gasteiger partial charge in [-0.05, 0) is 44.9 Å². The van der Waals surface area contributed by atoms with E-state index in [0.29, 0.717) is 11.3 Å². The van der Waals surface area contributed by atoms with E-state index < -0.39 is 5.97 Å². The third kappa shape index (κ3) is 3.73. The van der Waals surface area contributed by atoms with Crippen molar-refractivity contribution in [1.82, 2.24) is 4.90 Å². The minimum absolute atomic E-state index is 0.0676. The Morgan fingerprint density at radius 1 is 1.25 bits per heavy atom. The fourth-order valence-corrected chi connectivity index (χ4v) is 1.68. The van der Waals surface area contributed by atoms with Gasteiger partial charge in [-0.2, -0.15) is 0 Å². The quantitative estimate of drug-likeness (QED) is 0.674. The van der Waals surface area contributed by atoms with Crippen molar-refractivity contribution >= 4 is 17.6 Å². The number of esters is 1. The highest BCUT2D eigenvalue weighted by molar-refractivity contribution is 5.93. The van der Waals surface area contributed by atoms with Crippen molar-refractivity contribution in [2.75, 3.05) is 19.4 Å². The first-order valence-electron chi connectivity index (χ1n) is 6.53. The molecular weight excluding hydrogens is 256 g/mol. The molecule has 0 aliphatic rings. The highest BCUT2D eigenvalue weighted by atomic mass is 16.5. The van der Waals surface area contributed by atoms with Crippen molar-refractivity contribution in [1.29, 1.82) is 0 Å². The summed E-state index contributed by atoms with van der Waals surface area (Å²) in [5.41, 5.74) is 8.42. The lowest BCUT2D eigenvalue weighted by Crippen LogP contribution is -2.36. The molecule has 0 heterocycles. The van der Waals surface area contributed by atoms with E-state index in [0.717, 1.165) is 11.1 Å². The largest absolute Gasteiger partial charge is 0.452 e. The number of carbonyl (C=O) groups is 2. The van der Waals surface area contributed by atoms with Crippen molar-refractivity contribution in [2.24, 2.45) is 0 Å². The van der Waals surface area contributed by atoms with E-state index in [-0.39, 0.29) is 18.6 Å². The van der Waals surface area contributed by atoms with Crippen LogP contribution in [-0.4, -0.2) is 36.5 Å². The molecule has 0 aliphatic heterocycles. The number of rotatable bonds is 4. The monoisotopic (exact) mass is 278 g/mol. The Labute approximate surface area is 119 Å². The Morgan fingerprint density at radius 2 is 1.85 bits per heavy atom. The van der Waals surface area contributed by atoms with Crippen molar-refractivity contribution < 1.29 is 14.3 Å². The molecule has 1 amide bonds. The zero-order valence-electron chi connectivity index (χ0n) is 12.7. The van der Waals surface area contributed by atoms with Crippen molar-refractivity contribution in [3.8, 4) is 0 Å². The second kappa shape index (κ2) is 6.41. The predicted octanol–water partition coefficient (Wildman–Crippen LogP) is 1.91. The number of anilines is 1. The first-order chi connectivity index (χ1) is 9.23. The van der Waals surface area contributed by atoms with Gasteiger partial charge in [0.15, 0.2) is 6.61 Å². The van der Waals surface area contributed by atoms with Gasteiger partial charge >= 0.3 is 5.97 Å². The number of nitrogen functional groups attached to an aromatic ring is 1. The SMILES string of the molecule is Cc1cc(C)c(C(=O)OCC(=O)N(C)C(C)C)cc1N. The number of hydrogen-bond donors (Lipinski definition) is 1. The molecule has 110 valence electrons. The molecule has 0 radical (unpaired) electrons. The maximum Gasteiger partial charge on any atom is 0.338 e. The van der Waals surface area contributed by atoms with E-state index in [9.17, 15) is 9.59 Å². The van der Waals surface area contributed by atoms with Crippen LogP contribution in [0.3, 0.4) is 0 Å². The molecule has 0 spiro atoms. The van der Waals surface area contributed by atoms with Crippen LogP contribution in [0.2, 0.25) is 0 Å². The Morgan fingerprint density at radius 3 is 2.40 bits per heavy atom. The van der Waals surface area contributed by atoms with Crippen LogP contribution in [0.1, 0.15) is 35.3 Å². The average Bonchev–Trinajstić information content (AvgIpc) is 2.38. The van der Waals surface area contributed by atoms with Crippen LogP contribution in [0.15, 0.2) is 12.1 Å². The Hall–Kier alpha value is -2.04. The second-order valence-electron chi connectivity index (χ2n) is 5.20. The highest BCUT2D eigenvalue weighted by Gasteiger charge is 2.17. The van der Waals surface area contributed by atoms with Gasteiger partial charge < -0.3 is 15.4 Å². The van der Waals surface area contributed by atoms with Crippen molar-refractivity contribution in [3.05, 3.63) is 28.8 Å². The molecule has 1 aromatic rings. The molecule has 2 N–H and O–H groups in total. The van der Waals surface area contributed by atoms with E-state index in [1.165, 1.54) is 4.90 Å². The summed E-state index contributed by atoms with van der Waals surface area (Å²) < 4.78 is 5.05. The molecule has 0 saturated heterocycles. The number of ether oxygens (including phenoxy) is 1. The Kier molecular flexibility index (Phi) is 5.13. The molecule has 0 saturated carbocycles. The second-order valence-corrected chi connectivity index (χ2v) is 5.20. The summed E-state index contributed by atoms with van der Waals surface area (Å²) in [6, 6.07) is 3.48. The molecule has 1 rings (SSSR count). The van der Waals surface area contributed by atoms with Gasteiger partial charge in [-0.15, -0.1) is 0 Å². The topological polar surface area (TPSA) is 72.6 Å². The Bertz CT molecular complexity index is 524. The van der Waals surface area contributed by atoms with Crippen LogP contribution in [0.4, 0.5) is 5.69 Å². The average molecular weight is 278 g/mol. The van der Waals surface area contributed by atoms with Crippen molar-refractivity contribution in [2.45, 2.75) is 33.7 Å². The fourth-order valence-electron chi connectivity index (χ4n) is 1.68. The lowest BCUT2D eigenvalue weighted by atomic mass is 10.0. The first kappa shape index (κ1) is 16.0. The van der Waals surface area contributed by atoms with E-state index in [1.54, 1.807) is 13.1 Å². The van der Waals surface area contributed by atoms with Crippen LogP contribution in [-0.2, 0) is 9.53 Å². The van der Waals surface area contributed by atoms with E-state index in [2.05, 4.69) is 0 Å². The van der Waals surface area contributed by atoms with Gasteiger partial charge in [0.25, 0.3) is 5.91 Å². The molecule has 1 aromatic carbocycles. The number of nitrogens with zero attached hydrogens (tertiary/aromatic N) is 1. The van der Waals surface area contributed by atoms with Crippen LogP contribution < -0.4 is 5.73 Å². The first-order valence-corrected chi connectivity index (χ1v) is 6.53. The predicted molar refractivity (Wildman–Crippen MR) is 78.5 cm³/mol. The number of carbonyl (C=O) groups excluding carboxylic acids is 2. The lowest BCUT2D eigenvalue weighted by molar-refractivity contribution is -0.134. The normalized spacial score (nSPS) is 10.5. The summed E-state index contributed by atoms with van der Waals surface area (Å²) in [5.74, 6) is -0.759. The van der Waals surface area contributed by atoms with Crippen LogP contribution in [0.25, 0.3) is 0 Å². The highest BCUT2D eigenvalue weighted by Crippen LogP contribution is 2.18. The molecule has 0 bridgehead atoms. The molecule has 0 aliphatic carbocycles. The number of benzene rings is 1. The number of amides is 1. The van der Waals surface area contributed by atoms with Crippen LogP contribution in [0.5, 0.6) is 0 Å². The molecule has 5 nitrogen and oxygen atoms in total. The minimum Gasteiger partial charge on any atom is -0.452 e. The standard InChI is InChI=1S/C15H22N2O3/c1-9(2)17(5)14(18)8-20-15(19)12-7-13(16)11(4)6-10(12)3/h6-7,9H,8,16H2,1-5H3. The zero-order valence-corrected chi connectivity index (χ0v) is 12.7. The van der Waals surface area contributed by atoms with Gasteiger partial charge in [0.2, 0.25) is 0 Å². The third-order valence-electron chi connectivity index (χ3n) is 3.33. The lowest BCUT2D eigenvalue weighted by Gasteiger charge is -2.21. The summed E-state index contributed by atoms with van der Waals surface area (Å²) in [4.78, 5) is 25.3. The van der Waals surface area contributed by atoms with E-state index >= 15 is 0 Å². The smallest absolute Gasteiger partial charge is 0.338 e. The van der Waals surface area contributed by atoms with E-state index in [1.807, 2.05) is 33.8 Å². The van der Waals surface area contributed by atoms with Crippen LogP contribution in [0, 0.1) is 13.8 Å². The molecule has 5 heteroatoms. The number of likely N-dealkylation sites (N-methyl/N-ethyl adjacent to an activating group) is 1. The van der Waals surface area contributed by atoms with Gasteiger partial charge in [-0.25, -0.2) is 4.79 Å². The summed E-state index contributed by atoms with van der Waals surface area (Å²) in [6.07, 6.45) is 0. The van der Waals surface area contributed by atoms with Gasteiger partial charge in [0.05, 0.1) is 5.56 Å². The summed E-state index contributed by atoms with van der Waals surface area (Å²) in [7, 11) is 1.68. The molecule has 0 aromatic heterocycles.